The second-order valence-electron chi connectivity index (χ2n) is 5.81. The van der Waals surface area contributed by atoms with Crippen LogP contribution in [0.25, 0.3) is 0 Å². The molecule has 3 nitrogen and oxygen atoms in total. The highest BCUT2D eigenvalue weighted by Crippen LogP contribution is 2.46. The maximum absolute atomic E-state index is 6.11. The molecule has 1 fully saturated rings. The summed E-state index contributed by atoms with van der Waals surface area (Å²) >= 11 is 14.3. The van der Waals surface area contributed by atoms with E-state index in [1.165, 1.54) is 0 Å². The molecule has 1 heterocycles. The quantitative estimate of drug-likeness (QED) is 0.513. The van der Waals surface area contributed by atoms with Crippen LogP contribution in [-0.2, 0) is 10.3 Å². The van der Waals surface area contributed by atoms with E-state index in [-0.39, 0.29) is 0 Å². The fraction of sp³-hybridized carbons (Fsp3) is 0.692. The lowest BCUT2D eigenvalue weighted by atomic mass is 9.70. The van der Waals surface area contributed by atoms with Crippen LogP contribution < -0.4 is 0 Å². The van der Waals surface area contributed by atoms with Crippen molar-refractivity contribution in [3.05, 3.63) is 19.7 Å². The number of ether oxygens (including phenoxy) is 1. The van der Waals surface area contributed by atoms with Gasteiger partial charge < -0.3 is 4.74 Å². The number of halogens is 3. The van der Waals surface area contributed by atoms with Gasteiger partial charge in [-0.05, 0) is 53.7 Å². The molecule has 2 rings (SSSR count). The summed E-state index contributed by atoms with van der Waals surface area (Å²) in [4.78, 5) is 8.77. The first-order valence-corrected chi connectivity index (χ1v) is 8.07. The fourth-order valence-corrected chi connectivity index (χ4v) is 3.08. The largest absolute Gasteiger partial charge is 0.370 e. The van der Waals surface area contributed by atoms with Crippen molar-refractivity contribution in [2.75, 3.05) is 7.11 Å². The van der Waals surface area contributed by atoms with E-state index in [1.54, 1.807) is 7.11 Å². The van der Waals surface area contributed by atoms with Crippen LogP contribution in [0.5, 0.6) is 0 Å². The van der Waals surface area contributed by atoms with Gasteiger partial charge in [-0.15, -0.1) is 0 Å². The number of nitrogens with zero attached hydrogens (tertiary/aromatic N) is 2. The third-order valence-electron chi connectivity index (χ3n) is 3.98. The lowest BCUT2D eigenvalue weighted by Crippen LogP contribution is -2.38. The lowest BCUT2D eigenvalue weighted by Gasteiger charge is -2.41. The van der Waals surface area contributed by atoms with Gasteiger partial charge in [-0.25, -0.2) is 9.97 Å². The van der Waals surface area contributed by atoms with E-state index in [4.69, 9.17) is 27.9 Å². The van der Waals surface area contributed by atoms with Gasteiger partial charge in [0.2, 0.25) is 0 Å². The molecule has 0 bridgehead atoms. The van der Waals surface area contributed by atoms with Gasteiger partial charge in [-0.3, -0.25) is 0 Å². The number of rotatable bonds is 2. The molecule has 1 aromatic rings. The van der Waals surface area contributed by atoms with Gasteiger partial charge in [-0.1, -0.05) is 37.0 Å². The van der Waals surface area contributed by atoms with E-state index < -0.39 is 5.60 Å². The third kappa shape index (κ3) is 3.17. The molecule has 0 atom stereocenters. The van der Waals surface area contributed by atoms with Crippen LogP contribution in [0, 0.1) is 8.99 Å². The van der Waals surface area contributed by atoms with Gasteiger partial charge in [0.1, 0.15) is 15.9 Å². The van der Waals surface area contributed by atoms with Gasteiger partial charge >= 0.3 is 0 Å². The first-order valence-electron chi connectivity index (χ1n) is 6.24. The van der Waals surface area contributed by atoms with E-state index in [1.807, 2.05) is 22.6 Å². The van der Waals surface area contributed by atoms with Gasteiger partial charge in [0.25, 0.3) is 0 Å². The summed E-state index contributed by atoms with van der Waals surface area (Å²) in [5.74, 6) is 0.612. The maximum atomic E-state index is 6.11. The molecular weight excluding hydrogens is 398 g/mol. The average Bonchev–Trinajstić information content (AvgIpc) is 2.36. The number of hydrogen-bond acceptors (Lipinski definition) is 3. The highest BCUT2D eigenvalue weighted by Gasteiger charge is 2.42. The molecule has 6 heteroatoms. The van der Waals surface area contributed by atoms with Crippen molar-refractivity contribution in [3.63, 3.8) is 0 Å². The zero-order valence-electron chi connectivity index (χ0n) is 11.3. The Hall–Kier alpha value is 0.350. The molecule has 1 aliphatic carbocycles. The van der Waals surface area contributed by atoms with Gasteiger partial charge in [0.05, 0.1) is 3.57 Å². The summed E-state index contributed by atoms with van der Waals surface area (Å²) < 4.78 is 6.45. The van der Waals surface area contributed by atoms with E-state index in [0.717, 1.165) is 25.7 Å². The SMILES string of the molecule is COC1(c2nc(Cl)c(I)c(Cl)n2)CCC(C)(C)CC1. The van der Waals surface area contributed by atoms with E-state index in [0.29, 0.717) is 25.1 Å². The topological polar surface area (TPSA) is 35.0 Å². The molecule has 0 saturated heterocycles. The monoisotopic (exact) mass is 414 g/mol. The standard InChI is InChI=1S/C13H17Cl2IN2O/c1-12(2)4-6-13(19-3,7-5-12)11-17-9(14)8(16)10(15)18-11/h4-7H2,1-3H3. The zero-order valence-corrected chi connectivity index (χ0v) is 14.9. The number of methoxy groups -OCH3 is 1. The van der Waals surface area contributed by atoms with Crippen molar-refractivity contribution >= 4 is 45.8 Å². The fourth-order valence-electron chi connectivity index (χ4n) is 2.45. The number of aromatic nitrogens is 2. The molecule has 0 spiro atoms. The minimum Gasteiger partial charge on any atom is -0.370 e. The van der Waals surface area contributed by atoms with Crippen molar-refractivity contribution in [1.82, 2.24) is 9.97 Å². The first kappa shape index (κ1) is 15.7. The lowest BCUT2D eigenvalue weighted by molar-refractivity contribution is -0.0729. The van der Waals surface area contributed by atoms with Crippen LogP contribution >= 0.6 is 45.8 Å². The minimum absolute atomic E-state index is 0.346. The Bertz CT molecular complexity index is 461. The van der Waals surface area contributed by atoms with Crippen LogP contribution in [0.2, 0.25) is 10.3 Å². The van der Waals surface area contributed by atoms with Crippen LogP contribution in [-0.4, -0.2) is 17.1 Å². The molecule has 0 aromatic carbocycles. The first-order chi connectivity index (χ1) is 8.80. The Morgan fingerprint density at radius 1 is 1.05 bits per heavy atom. The van der Waals surface area contributed by atoms with Crippen molar-refractivity contribution in [2.24, 2.45) is 5.41 Å². The Morgan fingerprint density at radius 2 is 1.53 bits per heavy atom. The number of hydrogen-bond donors (Lipinski definition) is 0. The molecule has 0 unspecified atom stereocenters. The normalized spacial score (nSPS) is 21.4. The molecule has 1 aromatic heterocycles. The molecule has 0 aliphatic heterocycles. The third-order valence-corrected chi connectivity index (χ3v) is 6.19. The van der Waals surface area contributed by atoms with Crippen molar-refractivity contribution in [1.29, 1.82) is 0 Å². The van der Waals surface area contributed by atoms with E-state index >= 15 is 0 Å². The molecular formula is C13H17Cl2IN2O. The molecule has 106 valence electrons. The minimum atomic E-state index is -0.451. The smallest absolute Gasteiger partial charge is 0.163 e. The Labute approximate surface area is 137 Å². The molecule has 0 radical (unpaired) electrons. The molecule has 19 heavy (non-hydrogen) atoms. The van der Waals surface area contributed by atoms with Gasteiger partial charge in [0.15, 0.2) is 5.82 Å². The van der Waals surface area contributed by atoms with Gasteiger partial charge in [-0.2, -0.15) is 0 Å². The Balaban J connectivity index is 2.38. The summed E-state index contributed by atoms with van der Waals surface area (Å²) in [5, 5.41) is 0.800. The van der Waals surface area contributed by atoms with Crippen molar-refractivity contribution < 1.29 is 4.74 Å². The molecule has 1 aliphatic rings. The summed E-state index contributed by atoms with van der Waals surface area (Å²) in [7, 11) is 1.71. The predicted molar refractivity (Wildman–Crippen MR) is 85.7 cm³/mol. The molecule has 0 amide bonds. The molecule has 1 saturated carbocycles. The van der Waals surface area contributed by atoms with E-state index in [9.17, 15) is 0 Å². The van der Waals surface area contributed by atoms with Gasteiger partial charge in [0, 0.05) is 7.11 Å². The zero-order chi connectivity index (χ0) is 14.3. The average molecular weight is 415 g/mol. The molecule has 0 N–H and O–H groups in total. The second-order valence-corrected chi connectivity index (χ2v) is 7.60. The summed E-state index contributed by atoms with van der Waals surface area (Å²) in [6.45, 7) is 4.56. The second kappa shape index (κ2) is 5.62. The maximum Gasteiger partial charge on any atom is 0.163 e. The highest BCUT2D eigenvalue weighted by atomic mass is 127. The highest BCUT2D eigenvalue weighted by molar-refractivity contribution is 14.1. The summed E-state index contributed by atoms with van der Waals surface area (Å²) in [5.41, 5.74) is -0.105. The predicted octanol–water partition coefficient (Wildman–Crippen LogP) is 4.83. The van der Waals surface area contributed by atoms with Crippen molar-refractivity contribution in [3.8, 4) is 0 Å². The Kier molecular flexibility index (Phi) is 4.65. The van der Waals surface area contributed by atoms with Crippen LogP contribution in [0.15, 0.2) is 0 Å². The summed E-state index contributed by atoms with van der Waals surface area (Å²) in [6, 6.07) is 0. The van der Waals surface area contributed by atoms with Crippen LogP contribution in [0.1, 0.15) is 45.4 Å². The van der Waals surface area contributed by atoms with Crippen molar-refractivity contribution in [2.45, 2.75) is 45.1 Å². The van der Waals surface area contributed by atoms with Crippen LogP contribution in [0.4, 0.5) is 0 Å². The van der Waals surface area contributed by atoms with Crippen LogP contribution in [0.3, 0.4) is 0 Å². The Morgan fingerprint density at radius 3 is 1.95 bits per heavy atom. The summed E-state index contributed by atoms with van der Waals surface area (Å²) in [6.07, 6.45) is 3.93. The van der Waals surface area contributed by atoms with E-state index in [2.05, 4.69) is 23.8 Å².